The number of carboxylic acids is 2. The first-order chi connectivity index (χ1) is 10.5. The number of benzene rings is 2. The van der Waals surface area contributed by atoms with Gasteiger partial charge in [-0.1, -0.05) is 24.3 Å². The third-order valence-electron chi connectivity index (χ3n) is 3.59. The molecule has 0 aliphatic carbocycles. The molecule has 0 aromatic heterocycles. The second-order valence-electron chi connectivity index (χ2n) is 4.81. The molecule has 0 bridgehead atoms. The topological polar surface area (TPSA) is 115 Å². The van der Waals surface area contributed by atoms with E-state index >= 15 is 0 Å². The molecule has 2 aromatic carbocycles. The van der Waals surface area contributed by atoms with Crippen LogP contribution in [-0.2, 0) is 12.8 Å². The summed E-state index contributed by atoms with van der Waals surface area (Å²) in [4.78, 5) is 23.2. The molecule has 116 valence electrons. The molecule has 0 saturated carbocycles. The van der Waals surface area contributed by atoms with Crippen molar-refractivity contribution in [3.8, 4) is 0 Å². The van der Waals surface area contributed by atoms with Crippen molar-refractivity contribution in [1.29, 1.82) is 0 Å². The van der Waals surface area contributed by atoms with Gasteiger partial charge in [0, 0.05) is 13.2 Å². The molecule has 0 fully saturated rings. The summed E-state index contributed by atoms with van der Waals surface area (Å²) in [7, 11) is 0. The number of fused-ring (bicyclic) bond motifs is 1. The third kappa shape index (κ3) is 2.66. The van der Waals surface area contributed by atoms with Crippen LogP contribution in [0.5, 0.6) is 0 Å². The number of aromatic carboxylic acids is 2. The van der Waals surface area contributed by atoms with Gasteiger partial charge in [-0.3, -0.25) is 0 Å². The molecule has 0 saturated heterocycles. The molecule has 0 amide bonds. The Morgan fingerprint density at radius 3 is 1.77 bits per heavy atom. The van der Waals surface area contributed by atoms with Crippen molar-refractivity contribution < 1.29 is 30.0 Å². The van der Waals surface area contributed by atoms with Crippen LogP contribution < -0.4 is 0 Å². The van der Waals surface area contributed by atoms with Crippen molar-refractivity contribution in [3.63, 3.8) is 0 Å². The van der Waals surface area contributed by atoms with E-state index in [9.17, 15) is 30.0 Å². The van der Waals surface area contributed by atoms with E-state index in [4.69, 9.17) is 0 Å². The third-order valence-corrected chi connectivity index (χ3v) is 3.59. The minimum atomic E-state index is -1.36. The average Bonchev–Trinajstić information content (AvgIpc) is 2.48. The first kappa shape index (κ1) is 15.9. The number of carbonyl (C=O) groups is 2. The molecule has 0 spiro atoms. The molecule has 4 N–H and O–H groups in total. The quantitative estimate of drug-likeness (QED) is 0.639. The lowest BCUT2D eigenvalue weighted by molar-refractivity contribution is 0.0652. The Morgan fingerprint density at radius 2 is 1.27 bits per heavy atom. The molecule has 2 rings (SSSR count). The largest absolute Gasteiger partial charge is 0.478 e. The van der Waals surface area contributed by atoms with Gasteiger partial charge in [-0.15, -0.1) is 0 Å². The van der Waals surface area contributed by atoms with Crippen molar-refractivity contribution in [1.82, 2.24) is 0 Å². The highest BCUT2D eigenvalue weighted by molar-refractivity contribution is 6.13. The highest BCUT2D eigenvalue weighted by Gasteiger charge is 2.26. The lowest BCUT2D eigenvalue weighted by atomic mass is 9.86. The van der Waals surface area contributed by atoms with Gasteiger partial charge < -0.3 is 20.4 Å². The highest BCUT2D eigenvalue weighted by Crippen LogP contribution is 2.32. The van der Waals surface area contributed by atoms with E-state index < -0.39 is 11.9 Å². The summed E-state index contributed by atoms with van der Waals surface area (Å²) < 4.78 is 0. The zero-order valence-corrected chi connectivity index (χ0v) is 11.7. The molecule has 0 atom stereocenters. The molecular weight excluding hydrogens is 288 g/mol. The summed E-state index contributed by atoms with van der Waals surface area (Å²) in [6, 6.07) is 6.60. The van der Waals surface area contributed by atoms with Crippen molar-refractivity contribution in [3.05, 3.63) is 46.5 Å². The van der Waals surface area contributed by atoms with Gasteiger partial charge in [0.25, 0.3) is 0 Å². The van der Waals surface area contributed by atoms with Crippen LogP contribution in [0.1, 0.15) is 31.8 Å². The lowest BCUT2D eigenvalue weighted by Gasteiger charge is -2.18. The molecular formula is C16H16O6. The first-order valence-corrected chi connectivity index (χ1v) is 6.77. The van der Waals surface area contributed by atoms with E-state index in [0.29, 0.717) is 16.3 Å². The normalized spacial score (nSPS) is 10.8. The van der Waals surface area contributed by atoms with Crippen LogP contribution in [0.3, 0.4) is 0 Å². The molecule has 2 aromatic rings. The van der Waals surface area contributed by atoms with Crippen molar-refractivity contribution in [2.75, 3.05) is 13.2 Å². The first-order valence-electron chi connectivity index (χ1n) is 6.77. The van der Waals surface area contributed by atoms with Crippen LogP contribution in [0.15, 0.2) is 24.3 Å². The predicted octanol–water partition coefficient (Wildman–Crippen LogP) is 1.31. The second kappa shape index (κ2) is 6.55. The zero-order valence-electron chi connectivity index (χ0n) is 11.7. The Bertz CT molecular complexity index is 735. The summed E-state index contributed by atoms with van der Waals surface area (Å²) in [6.45, 7) is -0.510. The Hall–Kier alpha value is -2.44. The van der Waals surface area contributed by atoms with Gasteiger partial charge in [0.05, 0.1) is 11.1 Å². The van der Waals surface area contributed by atoms with E-state index in [1.165, 1.54) is 0 Å². The predicted molar refractivity (Wildman–Crippen MR) is 79.4 cm³/mol. The number of rotatable bonds is 6. The van der Waals surface area contributed by atoms with Crippen LogP contribution in [0.25, 0.3) is 10.8 Å². The second-order valence-corrected chi connectivity index (χ2v) is 4.81. The molecule has 6 nitrogen and oxygen atoms in total. The van der Waals surface area contributed by atoms with Gasteiger partial charge in [-0.2, -0.15) is 0 Å². The summed E-state index contributed by atoms with van der Waals surface area (Å²) in [5.74, 6) is -2.69. The summed E-state index contributed by atoms with van der Waals surface area (Å²) in [5.41, 5.74) is 0.228. The molecule has 22 heavy (non-hydrogen) atoms. The smallest absolute Gasteiger partial charge is 0.337 e. The maximum atomic E-state index is 11.6. The van der Waals surface area contributed by atoms with Crippen LogP contribution in [0.4, 0.5) is 0 Å². The highest BCUT2D eigenvalue weighted by atomic mass is 16.4. The Balaban J connectivity index is 3.02. The number of aliphatic hydroxyl groups is 2. The number of aliphatic hydroxyl groups excluding tert-OH is 2. The van der Waals surface area contributed by atoms with Gasteiger partial charge in [-0.05, 0) is 34.7 Å². The summed E-state index contributed by atoms with van der Waals surface area (Å²) >= 11 is 0. The Morgan fingerprint density at radius 1 is 0.773 bits per heavy atom. The molecule has 0 aliphatic rings. The molecule has 0 unspecified atom stereocenters. The van der Waals surface area contributed by atoms with E-state index in [1.54, 1.807) is 24.3 Å². The van der Waals surface area contributed by atoms with E-state index in [-0.39, 0.29) is 42.7 Å². The van der Waals surface area contributed by atoms with Crippen LogP contribution in [-0.4, -0.2) is 45.6 Å². The van der Waals surface area contributed by atoms with Crippen LogP contribution in [0.2, 0.25) is 0 Å². The van der Waals surface area contributed by atoms with Crippen LogP contribution in [0, 0.1) is 0 Å². The summed E-state index contributed by atoms with van der Waals surface area (Å²) in [5, 5.41) is 38.3. The maximum absolute atomic E-state index is 11.6. The van der Waals surface area contributed by atoms with Gasteiger partial charge in [0.15, 0.2) is 0 Å². The fraction of sp³-hybridized carbons (Fsp3) is 0.250. The molecule has 0 aliphatic heterocycles. The number of hydrogen-bond donors (Lipinski definition) is 4. The number of carboxylic acid groups (broad SMARTS) is 2. The van der Waals surface area contributed by atoms with Crippen molar-refractivity contribution in [2.45, 2.75) is 12.8 Å². The number of hydrogen-bond acceptors (Lipinski definition) is 4. The van der Waals surface area contributed by atoms with E-state index in [0.717, 1.165) is 0 Å². The summed E-state index contributed by atoms with van der Waals surface area (Å²) in [6.07, 6.45) is 0.206. The van der Waals surface area contributed by atoms with E-state index in [2.05, 4.69) is 0 Å². The lowest BCUT2D eigenvalue weighted by Crippen LogP contribution is -2.16. The molecule has 0 radical (unpaired) electrons. The van der Waals surface area contributed by atoms with E-state index in [1.807, 2.05) is 0 Å². The Kier molecular flexibility index (Phi) is 4.75. The SMILES string of the molecule is O=C(O)c1c(CCO)c(CCO)c2ccccc2c1C(=O)O. The van der Waals surface area contributed by atoms with Gasteiger partial charge >= 0.3 is 11.9 Å². The monoisotopic (exact) mass is 304 g/mol. The van der Waals surface area contributed by atoms with Crippen LogP contribution >= 0.6 is 0 Å². The molecule has 0 heterocycles. The fourth-order valence-electron chi connectivity index (χ4n) is 2.81. The standard InChI is InChI=1S/C16H16O6/c17-7-5-10-9-3-1-2-4-11(9)13(15(19)20)14(16(21)22)12(10)6-8-18/h1-4,17-18H,5-8H2,(H,19,20)(H,21,22). The fourth-order valence-corrected chi connectivity index (χ4v) is 2.81. The maximum Gasteiger partial charge on any atom is 0.337 e. The van der Waals surface area contributed by atoms with Crippen molar-refractivity contribution in [2.24, 2.45) is 0 Å². The van der Waals surface area contributed by atoms with Crippen molar-refractivity contribution >= 4 is 22.7 Å². The van der Waals surface area contributed by atoms with Gasteiger partial charge in [0.1, 0.15) is 0 Å². The molecule has 6 heteroatoms. The zero-order chi connectivity index (χ0) is 16.3. The van der Waals surface area contributed by atoms with Gasteiger partial charge in [0.2, 0.25) is 0 Å². The van der Waals surface area contributed by atoms with Gasteiger partial charge in [-0.25, -0.2) is 9.59 Å². The minimum Gasteiger partial charge on any atom is -0.478 e. The minimum absolute atomic E-state index is 0.0160. The average molecular weight is 304 g/mol. The Labute approximate surface area is 126 Å².